The maximum atomic E-state index is 12.9. The fourth-order valence-corrected chi connectivity index (χ4v) is 4.00. The molecule has 0 aliphatic rings. The number of carbonyl (C=O) groups is 1. The summed E-state index contributed by atoms with van der Waals surface area (Å²) in [6.45, 7) is 1.81. The van der Waals surface area contributed by atoms with Crippen LogP contribution in [0.25, 0.3) is 27.4 Å². The van der Waals surface area contributed by atoms with Gasteiger partial charge in [-0.15, -0.1) is 16.4 Å². The Balaban J connectivity index is 1.40. The number of ether oxygens (including phenoxy) is 1. The van der Waals surface area contributed by atoms with Gasteiger partial charge in [-0.05, 0) is 48.7 Å². The number of imidazole rings is 1. The number of rotatable bonds is 5. The van der Waals surface area contributed by atoms with E-state index in [1.807, 2.05) is 60.0 Å². The number of H-pyrrole nitrogens is 1. The minimum absolute atomic E-state index is 0.256. The van der Waals surface area contributed by atoms with Crippen molar-refractivity contribution >= 4 is 34.0 Å². The third-order valence-electron chi connectivity index (χ3n) is 4.90. The molecule has 5 aromatic rings. The molecule has 9 heteroatoms. The molecule has 0 spiro atoms. The Hall–Kier alpha value is -3.98. The average molecular weight is 430 g/mol. The molecule has 0 aliphatic carbocycles. The number of thiophene rings is 1. The number of aromatic amines is 1. The number of nitrogens with zero attached hydrogens (tertiary/aromatic N) is 4. The number of amides is 1. The molecular weight excluding hydrogens is 412 g/mol. The molecule has 3 aromatic heterocycles. The van der Waals surface area contributed by atoms with Crippen molar-refractivity contribution in [1.82, 2.24) is 25.0 Å². The Bertz CT molecular complexity index is 1390. The fourth-order valence-electron chi connectivity index (χ4n) is 3.33. The van der Waals surface area contributed by atoms with Crippen molar-refractivity contribution in [3.05, 3.63) is 71.4 Å². The topological polar surface area (TPSA) is 97.7 Å². The van der Waals surface area contributed by atoms with Crippen molar-refractivity contribution < 1.29 is 9.53 Å². The second-order valence-electron chi connectivity index (χ2n) is 6.89. The lowest BCUT2D eigenvalue weighted by atomic mass is 10.2. The molecule has 0 saturated heterocycles. The summed E-state index contributed by atoms with van der Waals surface area (Å²) in [7, 11) is 1.60. The number of fused-ring (bicyclic) bond motifs is 1. The summed E-state index contributed by atoms with van der Waals surface area (Å²) < 4.78 is 6.88. The molecule has 3 heterocycles. The van der Waals surface area contributed by atoms with E-state index in [0.717, 1.165) is 27.4 Å². The van der Waals surface area contributed by atoms with E-state index in [4.69, 9.17) is 4.74 Å². The van der Waals surface area contributed by atoms with Gasteiger partial charge in [0, 0.05) is 11.8 Å². The highest BCUT2D eigenvalue weighted by atomic mass is 32.1. The Kier molecular flexibility index (Phi) is 4.72. The van der Waals surface area contributed by atoms with Gasteiger partial charge in [-0.2, -0.15) is 0 Å². The van der Waals surface area contributed by atoms with Crippen LogP contribution in [0.3, 0.4) is 0 Å². The maximum Gasteiger partial charge on any atom is 0.278 e. The summed E-state index contributed by atoms with van der Waals surface area (Å²) in [6, 6.07) is 17.0. The second kappa shape index (κ2) is 7.69. The van der Waals surface area contributed by atoms with Gasteiger partial charge in [0.1, 0.15) is 11.6 Å². The van der Waals surface area contributed by atoms with Gasteiger partial charge < -0.3 is 15.0 Å². The van der Waals surface area contributed by atoms with Crippen LogP contribution in [-0.2, 0) is 0 Å². The summed E-state index contributed by atoms with van der Waals surface area (Å²) in [6.07, 6.45) is 0. The van der Waals surface area contributed by atoms with Crippen LogP contribution < -0.4 is 10.1 Å². The number of benzene rings is 2. The lowest BCUT2D eigenvalue weighted by Crippen LogP contribution is -2.14. The number of hydrogen-bond donors (Lipinski definition) is 2. The maximum absolute atomic E-state index is 12.9. The molecule has 0 unspecified atom stereocenters. The molecule has 0 aliphatic heterocycles. The lowest BCUT2D eigenvalue weighted by Gasteiger charge is -2.06. The van der Waals surface area contributed by atoms with Crippen molar-refractivity contribution in [2.45, 2.75) is 6.92 Å². The summed E-state index contributed by atoms with van der Waals surface area (Å²) in [4.78, 5) is 21.8. The first-order chi connectivity index (χ1) is 15.1. The standard InChI is InChI=1S/C22H18N6O2S/c1-13-20(26-27-28(13)15-5-3-6-16(12-15)30-2)22(29)23-14-8-9-17-18(11-14)25-21(24-17)19-7-4-10-31-19/h3-12H,1-2H3,(H,23,29)(H,24,25). The second-order valence-corrected chi connectivity index (χ2v) is 7.83. The monoisotopic (exact) mass is 430 g/mol. The summed E-state index contributed by atoms with van der Waals surface area (Å²) in [5.74, 6) is 1.18. The zero-order valence-corrected chi connectivity index (χ0v) is 17.6. The number of carbonyl (C=O) groups excluding carboxylic acids is 1. The molecule has 0 atom stereocenters. The summed E-state index contributed by atoms with van der Waals surface area (Å²) in [5, 5.41) is 13.1. The molecule has 154 valence electrons. The van der Waals surface area contributed by atoms with Crippen molar-refractivity contribution in [3.8, 4) is 22.1 Å². The normalized spacial score (nSPS) is 11.0. The number of methoxy groups -OCH3 is 1. The molecule has 2 N–H and O–H groups in total. The van der Waals surface area contributed by atoms with Crippen LogP contribution in [0.1, 0.15) is 16.2 Å². The van der Waals surface area contributed by atoms with Gasteiger partial charge in [0.05, 0.1) is 34.4 Å². The third-order valence-corrected chi connectivity index (χ3v) is 5.78. The summed E-state index contributed by atoms with van der Waals surface area (Å²) >= 11 is 1.62. The molecule has 8 nitrogen and oxygen atoms in total. The number of anilines is 1. The van der Waals surface area contributed by atoms with Crippen LogP contribution in [-0.4, -0.2) is 38.0 Å². The Morgan fingerprint density at radius 3 is 2.87 bits per heavy atom. The lowest BCUT2D eigenvalue weighted by molar-refractivity contribution is 0.102. The summed E-state index contributed by atoms with van der Waals surface area (Å²) in [5.41, 5.74) is 3.98. The van der Waals surface area contributed by atoms with Gasteiger partial charge in [-0.25, -0.2) is 9.67 Å². The van der Waals surface area contributed by atoms with E-state index >= 15 is 0 Å². The van der Waals surface area contributed by atoms with Crippen LogP contribution >= 0.6 is 11.3 Å². The van der Waals surface area contributed by atoms with Crippen LogP contribution in [0.4, 0.5) is 5.69 Å². The van der Waals surface area contributed by atoms with Gasteiger partial charge in [0.15, 0.2) is 5.69 Å². The van der Waals surface area contributed by atoms with Crippen molar-refractivity contribution in [3.63, 3.8) is 0 Å². The van der Waals surface area contributed by atoms with Crippen LogP contribution in [0.2, 0.25) is 0 Å². The van der Waals surface area contributed by atoms with E-state index in [2.05, 4.69) is 25.6 Å². The predicted molar refractivity (Wildman–Crippen MR) is 120 cm³/mol. The zero-order chi connectivity index (χ0) is 21.4. The largest absolute Gasteiger partial charge is 0.497 e. The molecular formula is C22H18N6O2S. The third kappa shape index (κ3) is 3.55. The van der Waals surface area contributed by atoms with E-state index in [-0.39, 0.29) is 11.6 Å². The quantitative estimate of drug-likeness (QED) is 0.430. The molecule has 31 heavy (non-hydrogen) atoms. The minimum atomic E-state index is -0.330. The fraction of sp³-hybridized carbons (Fsp3) is 0.0909. The Morgan fingerprint density at radius 1 is 1.16 bits per heavy atom. The molecule has 0 radical (unpaired) electrons. The first kappa shape index (κ1) is 19.0. The highest BCUT2D eigenvalue weighted by Gasteiger charge is 2.18. The van der Waals surface area contributed by atoms with Crippen molar-refractivity contribution in [1.29, 1.82) is 0 Å². The molecule has 0 bridgehead atoms. The van der Waals surface area contributed by atoms with Gasteiger partial charge in [0.2, 0.25) is 0 Å². The van der Waals surface area contributed by atoms with E-state index in [9.17, 15) is 4.79 Å². The van der Waals surface area contributed by atoms with E-state index < -0.39 is 0 Å². The van der Waals surface area contributed by atoms with Crippen LogP contribution in [0.5, 0.6) is 5.75 Å². The zero-order valence-electron chi connectivity index (χ0n) is 16.8. The number of hydrogen-bond acceptors (Lipinski definition) is 6. The van der Waals surface area contributed by atoms with Gasteiger partial charge in [0.25, 0.3) is 5.91 Å². The minimum Gasteiger partial charge on any atom is -0.497 e. The highest BCUT2D eigenvalue weighted by Crippen LogP contribution is 2.26. The highest BCUT2D eigenvalue weighted by molar-refractivity contribution is 7.13. The van der Waals surface area contributed by atoms with Crippen molar-refractivity contribution in [2.24, 2.45) is 0 Å². The average Bonchev–Trinajstić information content (AvgIpc) is 3.52. The van der Waals surface area contributed by atoms with Crippen molar-refractivity contribution in [2.75, 3.05) is 12.4 Å². The molecule has 2 aromatic carbocycles. The number of aromatic nitrogens is 5. The predicted octanol–water partition coefficient (Wildman–Crippen LogP) is 4.44. The smallest absolute Gasteiger partial charge is 0.278 e. The molecule has 1 amide bonds. The molecule has 0 fully saturated rings. The molecule has 0 saturated carbocycles. The van der Waals surface area contributed by atoms with E-state index in [1.165, 1.54) is 0 Å². The molecule has 5 rings (SSSR count). The van der Waals surface area contributed by atoms with Gasteiger partial charge in [-0.1, -0.05) is 17.3 Å². The van der Waals surface area contributed by atoms with E-state index in [1.54, 1.807) is 30.1 Å². The van der Waals surface area contributed by atoms with Crippen LogP contribution in [0, 0.1) is 6.92 Å². The Labute approximate surface area is 181 Å². The van der Waals surface area contributed by atoms with Crippen LogP contribution in [0.15, 0.2) is 60.0 Å². The van der Waals surface area contributed by atoms with Gasteiger partial charge in [-0.3, -0.25) is 4.79 Å². The van der Waals surface area contributed by atoms with E-state index in [0.29, 0.717) is 17.1 Å². The SMILES string of the molecule is COc1cccc(-n2nnc(C(=O)Nc3ccc4nc(-c5cccs5)[nH]c4c3)c2C)c1. The number of nitrogens with one attached hydrogen (secondary N) is 2. The first-order valence-corrected chi connectivity index (χ1v) is 10.4. The van der Waals surface area contributed by atoms with Gasteiger partial charge >= 0.3 is 0 Å². The Morgan fingerprint density at radius 2 is 2.06 bits per heavy atom. The first-order valence-electron chi connectivity index (χ1n) is 9.54.